The molecule has 6 heteroatoms. The molecule has 0 fully saturated rings. The van der Waals surface area contributed by atoms with Crippen LogP contribution in [0.1, 0.15) is 21.5 Å². The standard InChI is InChI=1S/C21H20BrN3OS/c1-4-11-25-20(16-7-9-17(22)10-8-16)23-21(24-25)27-13-19(26)18-12-14(2)5-6-15(18)3/h4-10,12H,1,11,13H2,2-3H3. The minimum atomic E-state index is 0.0893. The number of allylic oxidation sites excluding steroid dienone is 1. The Morgan fingerprint density at radius 1 is 1.22 bits per heavy atom. The number of aryl methyl sites for hydroxylation is 2. The molecule has 4 nitrogen and oxygen atoms in total. The summed E-state index contributed by atoms with van der Waals surface area (Å²) in [5.41, 5.74) is 3.81. The van der Waals surface area contributed by atoms with Crippen LogP contribution in [0.15, 0.2) is 64.7 Å². The topological polar surface area (TPSA) is 47.8 Å². The number of ketones is 1. The molecule has 0 saturated heterocycles. The van der Waals surface area contributed by atoms with E-state index in [0.29, 0.717) is 17.5 Å². The molecule has 1 heterocycles. The third kappa shape index (κ3) is 4.76. The van der Waals surface area contributed by atoms with Gasteiger partial charge in [-0.1, -0.05) is 63.6 Å². The lowest BCUT2D eigenvalue weighted by Gasteiger charge is -2.05. The van der Waals surface area contributed by atoms with Crippen molar-refractivity contribution in [1.82, 2.24) is 14.8 Å². The van der Waals surface area contributed by atoms with Gasteiger partial charge in [-0.3, -0.25) is 4.79 Å². The van der Waals surface area contributed by atoms with Crippen LogP contribution in [-0.4, -0.2) is 26.3 Å². The molecule has 138 valence electrons. The fraction of sp³-hybridized carbons (Fsp3) is 0.190. The van der Waals surface area contributed by atoms with Crippen LogP contribution in [-0.2, 0) is 6.54 Å². The number of halogens is 1. The van der Waals surface area contributed by atoms with Crippen LogP contribution in [0.25, 0.3) is 11.4 Å². The maximum atomic E-state index is 12.6. The Bertz CT molecular complexity index is 980. The summed E-state index contributed by atoms with van der Waals surface area (Å²) in [5.74, 6) is 1.16. The van der Waals surface area contributed by atoms with Crippen LogP contribution in [0.4, 0.5) is 0 Å². The zero-order valence-electron chi connectivity index (χ0n) is 15.3. The molecule has 0 bridgehead atoms. The molecule has 0 amide bonds. The number of hydrogen-bond acceptors (Lipinski definition) is 4. The molecule has 0 spiro atoms. The molecule has 1 aromatic heterocycles. The molecule has 0 N–H and O–H groups in total. The Kier molecular flexibility index (Phi) is 6.29. The molecule has 0 radical (unpaired) electrons. The van der Waals surface area contributed by atoms with E-state index >= 15 is 0 Å². The third-order valence-electron chi connectivity index (χ3n) is 4.08. The van der Waals surface area contributed by atoms with Crippen molar-refractivity contribution in [2.75, 3.05) is 5.75 Å². The second kappa shape index (κ2) is 8.67. The number of Topliss-reactive ketones (excluding diaryl/α,β-unsaturated/α-hetero) is 1. The highest BCUT2D eigenvalue weighted by molar-refractivity contribution is 9.10. The molecule has 0 saturated carbocycles. The first-order chi connectivity index (χ1) is 13.0. The lowest BCUT2D eigenvalue weighted by Crippen LogP contribution is -2.05. The second-order valence-electron chi connectivity index (χ2n) is 6.23. The molecule has 0 aliphatic carbocycles. The maximum absolute atomic E-state index is 12.6. The normalized spacial score (nSPS) is 10.8. The van der Waals surface area contributed by atoms with E-state index in [0.717, 1.165) is 32.6 Å². The lowest BCUT2D eigenvalue weighted by atomic mass is 10.0. The van der Waals surface area contributed by atoms with Gasteiger partial charge in [-0.2, -0.15) is 0 Å². The van der Waals surface area contributed by atoms with E-state index in [4.69, 9.17) is 0 Å². The molecule has 0 aliphatic heterocycles. The number of rotatable bonds is 7. The van der Waals surface area contributed by atoms with Crippen molar-refractivity contribution >= 4 is 33.5 Å². The smallest absolute Gasteiger partial charge is 0.209 e. The van der Waals surface area contributed by atoms with Gasteiger partial charge >= 0.3 is 0 Å². The van der Waals surface area contributed by atoms with Gasteiger partial charge in [0.2, 0.25) is 5.16 Å². The summed E-state index contributed by atoms with van der Waals surface area (Å²) in [5, 5.41) is 5.13. The van der Waals surface area contributed by atoms with Crippen molar-refractivity contribution in [1.29, 1.82) is 0 Å². The molecule has 0 atom stereocenters. The summed E-state index contributed by atoms with van der Waals surface area (Å²) in [6.45, 7) is 8.30. The quantitative estimate of drug-likeness (QED) is 0.276. The Balaban J connectivity index is 1.80. The highest BCUT2D eigenvalue weighted by Crippen LogP contribution is 2.24. The minimum absolute atomic E-state index is 0.0893. The SMILES string of the molecule is C=CCn1nc(SCC(=O)c2cc(C)ccc2C)nc1-c1ccc(Br)cc1. The van der Waals surface area contributed by atoms with Gasteiger partial charge in [0.05, 0.1) is 12.3 Å². The van der Waals surface area contributed by atoms with Crippen LogP contribution in [0, 0.1) is 13.8 Å². The number of carbonyl (C=O) groups is 1. The second-order valence-corrected chi connectivity index (χ2v) is 8.08. The fourth-order valence-electron chi connectivity index (χ4n) is 2.69. The summed E-state index contributed by atoms with van der Waals surface area (Å²) >= 11 is 4.81. The summed E-state index contributed by atoms with van der Waals surface area (Å²) in [6.07, 6.45) is 1.78. The van der Waals surface area contributed by atoms with Crippen LogP contribution < -0.4 is 0 Å². The van der Waals surface area contributed by atoms with Gasteiger partial charge in [0.1, 0.15) is 0 Å². The summed E-state index contributed by atoms with van der Waals surface area (Å²) in [6, 6.07) is 13.9. The maximum Gasteiger partial charge on any atom is 0.209 e. The van der Waals surface area contributed by atoms with Crippen LogP contribution in [0.5, 0.6) is 0 Å². The van der Waals surface area contributed by atoms with E-state index < -0.39 is 0 Å². The Hall–Kier alpha value is -2.18. The van der Waals surface area contributed by atoms with Crippen molar-refractivity contribution in [3.63, 3.8) is 0 Å². The first kappa shape index (κ1) is 19.6. The summed E-state index contributed by atoms with van der Waals surface area (Å²) in [4.78, 5) is 17.2. The average molecular weight is 442 g/mol. The van der Waals surface area contributed by atoms with Crippen molar-refractivity contribution in [2.45, 2.75) is 25.5 Å². The fourth-order valence-corrected chi connectivity index (χ4v) is 3.68. The number of hydrogen-bond donors (Lipinski definition) is 0. The molecule has 2 aromatic carbocycles. The van der Waals surface area contributed by atoms with Crippen molar-refractivity contribution in [2.24, 2.45) is 0 Å². The zero-order chi connectivity index (χ0) is 19.4. The Morgan fingerprint density at radius 3 is 2.67 bits per heavy atom. The molecule has 0 aliphatic rings. The summed E-state index contributed by atoms with van der Waals surface area (Å²) < 4.78 is 2.82. The third-order valence-corrected chi connectivity index (χ3v) is 5.45. The number of nitrogens with zero attached hydrogens (tertiary/aromatic N) is 3. The van der Waals surface area contributed by atoms with Crippen molar-refractivity contribution in [3.8, 4) is 11.4 Å². The molecule has 27 heavy (non-hydrogen) atoms. The van der Waals surface area contributed by atoms with Crippen LogP contribution >= 0.6 is 27.7 Å². The van der Waals surface area contributed by atoms with Gasteiger partial charge < -0.3 is 0 Å². The van der Waals surface area contributed by atoms with E-state index in [1.165, 1.54) is 11.8 Å². The number of aromatic nitrogens is 3. The average Bonchev–Trinajstić information content (AvgIpc) is 3.05. The number of thioether (sulfide) groups is 1. The molecule has 3 rings (SSSR count). The highest BCUT2D eigenvalue weighted by atomic mass is 79.9. The summed E-state index contributed by atoms with van der Waals surface area (Å²) in [7, 11) is 0. The zero-order valence-corrected chi connectivity index (χ0v) is 17.7. The van der Waals surface area contributed by atoms with Gasteiger partial charge in [-0.05, 0) is 37.6 Å². The van der Waals surface area contributed by atoms with Gasteiger partial charge in [0, 0.05) is 15.6 Å². The highest BCUT2D eigenvalue weighted by Gasteiger charge is 2.15. The van der Waals surface area contributed by atoms with Crippen LogP contribution in [0.2, 0.25) is 0 Å². The van der Waals surface area contributed by atoms with Crippen molar-refractivity contribution in [3.05, 3.63) is 76.3 Å². The number of benzene rings is 2. The van der Waals surface area contributed by atoms with Gasteiger partial charge in [0.25, 0.3) is 0 Å². The monoisotopic (exact) mass is 441 g/mol. The predicted octanol–water partition coefficient (Wildman–Crippen LogP) is 5.49. The first-order valence-corrected chi connectivity index (χ1v) is 10.3. The largest absolute Gasteiger partial charge is 0.293 e. The van der Waals surface area contributed by atoms with E-state index in [2.05, 4.69) is 32.6 Å². The van der Waals surface area contributed by atoms with E-state index in [1.807, 2.05) is 56.3 Å². The first-order valence-electron chi connectivity index (χ1n) is 8.53. The lowest BCUT2D eigenvalue weighted by molar-refractivity contribution is 0.102. The molecule has 0 unspecified atom stereocenters. The Morgan fingerprint density at radius 2 is 1.96 bits per heavy atom. The molecular weight excluding hydrogens is 422 g/mol. The van der Waals surface area contributed by atoms with Crippen LogP contribution in [0.3, 0.4) is 0 Å². The van der Waals surface area contributed by atoms with E-state index in [1.54, 1.807) is 10.8 Å². The van der Waals surface area contributed by atoms with Gasteiger partial charge in [-0.25, -0.2) is 9.67 Å². The molecule has 3 aromatic rings. The van der Waals surface area contributed by atoms with Gasteiger partial charge in [-0.15, -0.1) is 11.7 Å². The van der Waals surface area contributed by atoms with Gasteiger partial charge in [0.15, 0.2) is 11.6 Å². The molecular formula is C21H20BrN3OS. The van der Waals surface area contributed by atoms with E-state index in [-0.39, 0.29) is 5.78 Å². The number of carbonyl (C=O) groups excluding carboxylic acids is 1. The predicted molar refractivity (Wildman–Crippen MR) is 114 cm³/mol. The minimum Gasteiger partial charge on any atom is -0.293 e. The van der Waals surface area contributed by atoms with Crippen molar-refractivity contribution < 1.29 is 4.79 Å². The van der Waals surface area contributed by atoms with E-state index in [9.17, 15) is 4.79 Å². The Labute approximate surface area is 171 Å².